The lowest BCUT2D eigenvalue weighted by Gasteiger charge is -2.23. The van der Waals surface area contributed by atoms with Gasteiger partial charge in [0.15, 0.2) is 0 Å². The van der Waals surface area contributed by atoms with Crippen LogP contribution in [0.1, 0.15) is 23.0 Å². The van der Waals surface area contributed by atoms with Crippen molar-refractivity contribution >= 4 is 29.0 Å². The van der Waals surface area contributed by atoms with Crippen molar-refractivity contribution < 1.29 is 9.59 Å². The van der Waals surface area contributed by atoms with Gasteiger partial charge in [-0.05, 0) is 18.4 Å². The van der Waals surface area contributed by atoms with Crippen molar-refractivity contribution in [1.82, 2.24) is 14.7 Å². The average Bonchev–Trinajstić information content (AvgIpc) is 3.13. The van der Waals surface area contributed by atoms with Gasteiger partial charge in [-0.2, -0.15) is 5.10 Å². The number of amides is 2. The summed E-state index contributed by atoms with van der Waals surface area (Å²) in [5, 5.41) is 9.07. The van der Waals surface area contributed by atoms with Crippen LogP contribution >= 0.6 is 11.3 Å². The van der Waals surface area contributed by atoms with E-state index in [1.54, 1.807) is 35.0 Å². The molecular weight excluding hydrogens is 300 g/mol. The molecule has 116 valence electrons. The number of hydrogen-bond acceptors (Lipinski definition) is 4. The van der Waals surface area contributed by atoms with E-state index >= 15 is 0 Å². The van der Waals surface area contributed by atoms with Crippen LogP contribution in [0.3, 0.4) is 0 Å². The molecule has 1 N–H and O–H groups in total. The second-order valence-electron chi connectivity index (χ2n) is 5.56. The molecule has 1 aliphatic heterocycles. The lowest BCUT2D eigenvalue weighted by molar-refractivity contribution is -0.127. The molecule has 2 atom stereocenters. The molecule has 6 nitrogen and oxygen atoms in total. The zero-order valence-electron chi connectivity index (χ0n) is 12.7. The SMILES string of the molecule is Cc1cc(NC(=O)[C@H]2CC(=O)N(C)[C@H]2c2cccs2)n(C)n1. The normalized spacial score (nSPS) is 21.4. The van der Waals surface area contributed by atoms with Crippen molar-refractivity contribution in [3.8, 4) is 0 Å². The van der Waals surface area contributed by atoms with Crippen molar-refractivity contribution in [2.24, 2.45) is 13.0 Å². The van der Waals surface area contributed by atoms with E-state index < -0.39 is 0 Å². The molecule has 3 rings (SSSR count). The van der Waals surface area contributed by atoms with Crippen LogP contribution in [-0.4, -0.2) is 33.5 Å². The maximum Gasteiger partial charge on any atom is 0.231 e. The molecule has 22 heavy (non-hydrogen) atoms. The molecule has 0 unspecified atom stereocenters. The summed E-state index contributed by atoms with van der Waals surface area (Å²) in [6, 6.07) is 5.54. The first-order chi connectivity index (χ1) is 10.5. The van der Waals surface area contributed by atoms with Crippen LogP contribution < -0.4 is 5.32 Å². The summed E-state index contributed by atoms with van der Waals surface area (Å²) in [5.41, 5.74) is 0.840. The average molecular weight is 318 g/mol. The minimum Gasteiger partial charge on any atom is -0.337 e. The Bertz CT molecular complexity index is 707. The number of rotatable bonds is 3. The number of anilines is 1. The summed E-state index contributed by atoms with van der Waals surface area (Å²) in [4.78, 5) is 27.4. The number of nitrogens with one attached hydrogen (secondary N) is 1. The zero-order chi connectivity index (χ0) is 15.9. The van der Waals surface area contributed by atoms with Gasteiger partial charge in [0.25, 0.3) is 0 Å². The maximum atomic E-state index is 12.6. The first kappa shape index (κ1) is 14.8. The minimum atomic E-state index is -0.383. The molecule has 0 aromatic carbocycles. The molecule has 0 radical (unpaired) electrons. The maximum absolute atomic E-state index is 12.6. The van der Waals surface area contributed by atoms with E-state index in [2.05, 4.69) is 10.4 Å². The van der Waals surface area contributed by atoms with Crippen LogP contribution in [0.4, 0.5) is 5.82 Å². The van der Waals surface area contributed by atoms with Crippen molar-refractivity contribution in [2.75, 3.05) is 12.4 Å². The second-order valence-corrected chi connectivity index (χ2v) is 6.54. The Labute approximate surface area is 132 Å². The van der Waals surface area contributed by atoms with E-state index in [-0.39, 0.29) is 30.2 Å². The van der Waals surface area contributed by atoms with Gasteiger partial charge in [0, 0.05) is 31.5 Å². The van der Waals surface area contributed by atoms with Crippen molar-refractivity contribution in [3.63, 3.8) is 0 Å². The number of aromatic nitrogens is 2. The van der Waals surface area contributed by atoms with Gasteiger partial charge in [-0.25, -0.2) is 0 Å². The molecule has 0 spiro atoms. The molecule has 1 fully saturated rings. The lowest BCUT2D eigenvalue weighted by atomic mass is 9.98. The van der Waals surface area contributed by atoms with E-state index in [4.69, 9.17) is 0 Å². The molecule has 0 aliphatic carbocycles. The number of nitrogens with zero attached hydrogens (tertiary/aromatic N) is 3. The Morgan fingerprint density at radius 1 is 1.45 bits per heavy atom. The Balaban J connectivity index is 1.84. The van der Waals surface area contributed by atoms with Gasteiger partial charge in [0.1, 0.15) is 5.82 Å². The monoisotopic (exact) mass is 318 g/mol. The third-order valence-electron chi connectivity index (χ3n) is 4.01. The number of thiophene rings is 1. The Kier molecular flexibility index (Phi) is 3.74. The fourth-order valence-electron chi connectivity index (χ4n) is 2.90. The molecule has 0 saturated carbocycles. The highest BCUT2D eigenvalue weighted by Gasteiger charge is 2.43. The Hall–Kier alpha value is -2.15. The summed E-state index contributed by atoms with van der Waals surface area (Å²) >= 11 is 1.57. The molecule has 2 aromatic heterocycles. The number of hydrogen-bond donors (Lipinski definition) is 1. The summed E-state index contributed by atoms with van der Waals surface area (Å²) in [5.74, 6) is 0.125. The number of aryl methyl sites for hydroxylation is 2. The van der Waals surface area contributed by atoms with Gasteiger partial charge in [-0.15, -0.1) is 11.3 Å². The second kappa shape index (κ2) is 5.57. The summed E-state index contributed by atoms with van der Waals surface area (Å²) in [7, 11) is 3.54. The van der Waals surface area contributed by atoms with Crippen molar-refractivity contribution in [1.29, 1.82) is 0 Å². The van der Waals surface area contributed by atoms with Crippen LogP contribution in [0.25, 0.3) is 0 Å². The first-order valence-electron chi connectivity index (χ1n) is 7.08. The van der Waals surface area contributed by atoms with E-state index in [0.29, 0.717) is 5.82 Å². The van der Waals surface area contributed by atoms with Crippen LogP contribution in [-0.2, 0) is 16.6 Å². The van der Waals surface area contributed by atoms with Gasteiger partial charge in [-0.1, -0.05) is 6.07 Å². The van der Waals surface area contributed by atoms with E-state index in [0.717, 1.165) is 10.6 Å². The molecule has 1 saturated heterocycles. The van der Waals surface area contributed by atoms with Crippen molar-refractivity contribution in [3.05, 3.63) is 34.2 Å². The number of carbonyl (C=O) groups is 2. The van der Waals surface area contributed by atoms with Gasteiger partial charge in [-0.3, -0.25) is 14.3 Å². The highest BCUT2D eigenvalue weighted by atomic mass is 32.1. The zero-order valence-corrected chi connectivity index (χ0v) is 13.6. The molecular formula is C15H18N4O2S. The highest BCUT2D eigenvalue weighted by molar-refractivity contribution is 7.10. The topological polar surface area (TPSA) is 67.2 Å². The summed E-state index contributed by atoms with van der Waals surface area (Å²) in [6.07, 6.45) is 0.238. The summed E-state index contributed by atoms with van der Waals surface area (Å²) < 4.78 is 1.63. The largest absolute Gasteiger partial charge is 0.337 e. The predicted molar refractivity (Wildman–Crippen MR) is 84.5 cm³/mol. The van der Waals surface area contributed by atoms with Gasteiger partial charge >= 0.3 is 0 Å². The fraction of sp³-hybridized carbons (Fsp3) is 0.400. The van der Waals surface area contributed by atoms with Crippen LogP contribution in [0.5, 0.6) is 0 Å². The van der Waals surface area contributed by atoms with Crippen LogP contribution in [0, 0.1) is 12.8 Å². The first-order valence-corrected chi connectivity index (χ1v) is 7.96. The van der Waals surface area contributed by atoms with Crippen LogP contribution in [0.2, 0.25) is 0 Å². The molecule has 1 aliphatic rings. The molecule has 2 amide bonds. The standard InChI is InChI=1S/C15H18N4O2S/c1-9-7-12(19(3)17-9)16-15(21)10-8-13(20)18(2)14(10)11-5-4-6-22-11/h4-7,10,14H,8H2,1-3H3,(H,16,21)/t10-,14+/m0/s1. The Morgan fingerprint density at radius 2 is 2.23 bits per heavy atom. The van der Waals surface area contributed by atoms with E-state index in [9.17, 15) is 9.59 Å². The molecule has 2 aromatic rings. The number of likely N-dealkylation sites (tertiary alicyclic amines) is 1. The molecule has 3 heterocycles. The Morgan fingerprint density at radius 3 is 2.82 bits per heavy atom. The quantitative estimate of drug-likeness (QED) is 0.940. The summed E-state index contributed by atoms with van der Waals surface area (Å²) in [6.45, 7) is 1.87. The van der Waals surface area contributed by atoms with Crippen LogP contribution in [0.15, 0.2) is 23.6 Å². The smallest absolute Gasteiger partial charge is 0.231 e. The minimum absolute atomic E-state index is 0.000244. The third-order valence-corrected chi connectivity index (χ3v) is 4.95. The highest BCUT2D eigenvalue weighted by Crippen LogP contribution is 2.39. The van der Waals surface area contributed by atoms with Gasteiger partial charge in [0.05, 0.1) is 17.7 Å². The van der Waals surface area contributed by atoms with Gasteiger partial charge < -0.3 is 10.2 Å². The van der Waals surface area contributed by atoms with Gasteiger partial charge in [0.2, 0.25) is 11.8 Å². The molecule has 0 bridgehead atoms. The molecule has 7 heteroatoms. The third kappa shape index (κ3) is 2.52. The van der Waals surface area contributed by atoms with Crippen molar-refractivity contribution in [2.45, 2.75) is 19.4 Å². The van der Waals surface area contributed by atoms with E-state index in [1.807, 2.05) is 30.5 Å². The fourth-order valence-corrected chi connectivity index (χ4v) is 3.83. The lowest BCUT2D eigenvalue weighted by Crippen LogP contribution is -2.30. The number of carbonyl (C=O) groups excluding carboxylic acids is 2. The predicted octanol–water partition coefficient (Wildman–Crippen LogP) is 1.95. The van der Waals surface area contributed by atoms with E-state index in [1.165, 1.54) is 0 Å².